The van der Waals surface area contributed by atoms with Crippen LogP contribution in [-0.2, 0) is 31.0 Å². The number of ether oxygens (including phenoxy) is 2. The van der Waals surface area contributed by atoms with Crippen LogP contribution in [0.1, 0.15) is 53.1 Å². The Balaban J connectivity index is 1.17. The summed E-state index contributed by atoms with van der Waals surface area (Å²) in [5.74, 6) is 1.11. The number of carbonyl (C=O) groups is 1. The molecule has 2 aliphatic heterocycles. The Morgan fingerprint density at radius 3 is 2.50 bits per heavy atom. The predicted molar refractivity (Wildman–Crippen MR) is 200 cm³/mol. The maximum Gasteiger partial charge on any atom is 0.216 e. The first kappa shape index (κ1) is 35.3. The summed E-state index contributed by atoms with van der Waals surface area (Å²) in [7, 11) is 0. The number of nitrogens with one attached hydrogen (secondary N) is 2. The molecule has 0 radical (unpaired) electrons. The van der Waals surface area contributed by atoms with Gasteiger partial charge in [0, 0.05) is 57.0 Å². The lowest BCUT2D eigenvalue weighted by molar-refractivity contribution is -0.118. The van der Waals surface area contributed by atoms with E-state index in [4.69, 9.17) is 21.1 Å². The summed E-state index contributed by atoms with van der Waals surface area (Å²) >= 11 is 6.81. The normalized spacial score (nSPS) is 13.8. The number of nitrogens with zero attached hydrogens (tertiary/aromatic N) is 3. The average Bonchev–Trinajstić information content (AvgIpc) is 3.52. The minimum Gasteiger partial charge on any atom is -0.488 e. The largest absolute Gasteiger partial charge is 0.488 e. The van der Waals surface area contributed by atoms with E-state index in [1.165, 1.54) is 67.3 Å². The lowest BCUT2D eigenvalue weighted by Crippen LogP contribution is -2.39. The molecular weight excluding hydrogens is 646 g/mol. The second-order valence-electron chi connectivity index (χ2n) is 13.1. The topological polar surface area (TPSA) is 89.9 Å². The Morgan fingerprint density at radius 2 is 1.70 bits per heavy atom. The number of nitriles is 1. The number of hydrogen-bond donors (Lipinski definition) is 2. The summed E-state index contributed by atoms with van der Waals surface area (Å²) < 4.78 is 12.7. The Kier molecular flexibility index (Phi) is 11.9. The third-order valence-corrected chi connectivity index (χ3v) is 9.95. The van der Waals surface area contributed by atoms with E-state index in [9.17, 15) is 10.1 Å². The van der Waals surface area contributed by atoms with Crippen molar-refractivity contribution in [3.05, 3.63) is 111 Å². The van der Waals surface area contributed by atoms with E-state index in [1.807, 2.05) is 30.3 Å². The van der Waals surface area contributed by atoms with Crippen LogP contribution in [0.2, 0.25) is 5.02 Å². The first-order valence-corrected chi connectivity index (χ1v) is 18.0. The molecule has 9 heteroatoms. The zero-order valence-corrected chi connectivity index (χ0v) is 29.8. The SMILES string of the molecule is CC(=O)NCCNCc1cc(Cl)c(OCc2cccc(-c3cccc4c3CCN4CCCN3CCC3)c2C)cc1OCc1cccc(C#N)c1. The summed E-state index contributed by atoms with van der Waals surface area (Å²) in [6, 6.07) is 26.5. The quantitative estimate of drug-likeness (QED) is 0.122. The van der Waals surface area contributed by atoms with Crippen molar-refractivity contribution in [1.82, 2.24) is 15.5 Å². The number of benzene rings is 4. The standard InChI is InChI=1S/C41H46ClN5O3/c1-29-33(10-4-11-35(29)36-12-5-13-39-37(36)14-21-47(39)20-7-19-46-17-6-18-46)28-50-41-24-40(49-27-32-9-3-8-31(22-32)25-43)34(23-38(41)42)26-44-15-16-45-30(2)48/h3-5,8-13,22-24,44H,6-7,14-21,26-28H2,1-2H3,(H,45,48). The van der Waals surface area contributed by atoms with E-state index in [0.717, 1.165) is 36.2 Å². The van der Waals surface area contributed by atoms with E-state index >= 15 is 0 Å². The summed E-state index contributed by atoms with van der Waals surface area (Å²) in [4.78, 5) is 16.4. The van der Waals surface area contributed by atoms with Crippen LogP contribution in [0, 0.1) is 18.3 Å². The lowest BCUT2D eigenvalue weighted by atomic mass is 9.92. The summed E-state index contributed by atoms with van der Waals surface area (Å²) in [5.41, 5.74) is 9.98. The molecule has 1 amide bonds. The molecule has 0 aliphatic carbocycles. The molecule has 260 valence electrons. The van der Waals surface area contributed by atoms with E-state index in [0.29, 0.717) is 48.3 Å². The van der Waals surface area contributed by atoms with Crippen molar-refractivity contribution in [3.63, 3.8) is 0 Å². The number of halogens is 1. The minimum atomic E-state index is -0.0663. The molecule has 8 nitrogen and oxygen atoms in total. The Bertz CT molecular complexity index is 1850. The lowest BCUT2D eigenvalue weighted by Gasteiger charge is -2.31. The molecule has 2 heterocycles. The molecule has 0 unspecified atom stereocenters. The number of rotatable bonds is 16. The molecule has 1 saturated heterocycles. The second kappa shape index (κ2) is 16.9. The molecule has 2 N–H and O–H groups in total. The molecular formula is C41H46ClN5O3. The van der Waals surface area contributed by atoms with Crippen molar-refractivity contribution in [2.45, 2.75) is 52.9 Å². The fourth-order valence-electron chi connectivity index (χ4n) is 6.76. The van der Waals surface area contributed by atoms with Gasteiger partial charge >= 0.3 is 0 Å². The molecule has 1 fully saturated rings. The Hall–Kier alpha value is -4.55. The highest BCUT2D eigenvalue weighted by Gasteiger charge is 2.23. The Labute approximate surface area is 300 Å². The van der Waals surface area contributed by atoms with Crippen LogP contribution in [0.5, 0.6) is 11.5 Å². The molecule has 0 bridgehead atoms. The third-order valence-electron chi connectivity index (χ3n) is 9.65. The van der Waals surface area contributed by atoms with Crippen LogP contribution in [-0.4, -0.2) is 56.6 Å². The van der Waals surface area contributed by atoms with Crippen LogP contribution in [0.25, 0.3) is 11.1 Å². The average molecular weight is 692 g/mol. The molecule has 4 aromatic carbocycles. The monoisotopic (exact) mass is 691 g/mol. The van der Waals surface area contributed by atoms with Gasteiger partial charge in [0.2, 0.25) is 5.91 Å². The van der Waals surface area contributed by atoms with Gasteiger partial charge in [0.1, 0.15) is 24.7 Å². The van der Waals surface area contributed by atoms with Crippen LogP contribution < -0.4 is 25.0 Å². The number of fused-ring (bicyclic) bond motifs is 1. The molecule has 50 heavy (non-hydrogen) atoms. The Morgan fingerprint density at radius 1 is 0.900 bits per heavy atom. The van der Waals surface area contributed by atoms with E-state index < -0.39 is 0 Å². The first-order chi connectivity index (χ1) is 24.4. The van der Waals surface area contributed by atoms with E-state index in [-0.39, 0.29) is 12.5 Å². The molecule has 0 saturated carbocycles. The highest BCUT2D eigenvalue weighted by atomic mass is 35.5. The van der Waals surface area contributed by atoms with Gasteiger partial charge in [-0.05, 0) is 103 Å². The van der Waals surface area contributed by atoms with Crippen LogP contribution in [0.15, 0.2) is 72.8 Å². The van der Waals surface area contributed by atoms with Crippen molar-refractivity contribution in [2.24, 2.45) is 0 Å². The van der Waals surface area contributed by atoms with Crippen molar-refractivity contribution in [1.29, 1.82) is 5.26 Å². The summed E-state index contributed by atoms with van der Waals surface area (Å²) in [5, 5.41) is 16.0. The number of carbonyl (C=O) groups excluding carboxylic acids is 1. The van der Waals surface area contributed by atoms with E-state index in [1.54, 1.807) is 6.07 Å². The molecule has 0 atom stereocenters. The molecule has 6 rings (SSSR count). The van der Waals surface area contributed by atoms with Crippen molar-refractivity contribution >= 4 is 23.2 Å². The predicted octanol–water partition coefficient (Wildman–Crippen LogP) is 7.03. The number of amides is 1. The van der Waals surface area contributed by atoms with Gasteiger partial charge in [-0.1, -0.05) is 54.1 Å². The zero-order chi connectivity index (χ0) is 34.9. The van der Waals surface area contributed by atoms with Crippen LogP contribution >= 0.6 is 11.6 Å². The first-order valence-electron chi connectivity index (χ1n) is 17.6. The molecule has 4 aromatic rings. The summed E-state index contributed by atoms with van der Waals surface area (Å²) in [6.07, 6.45) is 3.60. The second-order valence-corrected chi connectivity index (χ2v) is 13.5. The maximum atomic E-state index is 11.3. The van der Waals surface area contributed by atoms with Gasteiger partial charge in [-0.2, -0.15) is 5.26 Å². The number of likely N-dealkylation sites (tertiary alicyclic amines) is 1. The van der Waals surface area contributed by atoms with Gasteiger partial charge in [-0.3, -0.25) is 4.79 Å². The van der Waals surface area contributed by atoms with Crippen LogP contribution in [0.4, 0.5) is 5.69 Å². The fraction of sp³-hybridized carbons (Fsp3) is 0.366. The highest BCUT2D eigenvalue weighted by Crippen LogP contribution is 2.39. The van der Waals surface area contributed by atoms with Crippen LogP contribution in [0.3, 0.4) is 0 Å². The van der Waals surface area contributed by atoms with Gasteiger partial charge in [-0.15, -0.1) is 0 Å². The van der Waals surface area contributed by atoms with E-state index in [2.05, 4.69) is 69.8 Å². The highest BCUT2D eigenvalue weighted by molar-refractivity contribution is 6.32. The molecule has 0 aromatic heterocycles. The third kappa shape index (κ3) is 8.78. The fourth-order valence-corrected chi connectivity index (χ4v) is 7.00. The van der Waals surface area contributed by atoms with Gasteiger partial charge in [-0.25, -0.2) is 0 Å². The molecule has 2 aliphatic rings. The van der Waals surface area contributed by atoms with Gasteiger partial charge in [0.15, 0.2) is 0 Å². The summed E-state index contributed by atoms with van der Waals surface area (Å²) in [6.45, 7) is 11.8. The minimum absolute atomic E-state index is 0.0663. The van der Waals surface area contributed by atoms with Gasteiger partial charge in [0.25, 0.3) is 0 Å². The maximum absolute atomic E-state index is 11.3. The van der Waals surface area contributed by atoms with Gasteiger partial charge in [0.05, 0.1) is 16.7 Å². The van der Waals surface area contributed by atoms with Crippen molar-refractivity contribution in [2.75, 3.05) is 50.7 Å². The zero-order valence-electron chi connectivity index (χ0n) is 29.1. The van der Waals surface area contributed by atoms with Crippen molar-refractivity contribution in [3.8, 4) is 28.7 Å². The number of hydrogen-bond acceptors (Lipinski definition) is 7. The smallest absolute Gasteiger partial charge is 0.216 e. The number of anilines is 1. The molecule has 0 spiro atoms. The van der Waals surface area contributed by atoms with Gasteiger partial charge < -0.3 is 29.9 Å². The van der Waals surface area contributed by atoms with Crippen molar-refractivity contribution < 1.29 is 14.3 Å².